The van der Waals surface area contributed by atoms with Crippen LogP contribution in [0.4, 0.5) is 0 Å². The Bertz CT molecular complexity index is 2080. The van der Waals surface area contributed by atoms with Gasteiger partial charge in [0.05, 0.1) is 38.6 Å². The zero-order valence-corrected chi connectivity index (χ0v) is 63.8. The summed E-state index contributed by atoms with van der Waals surface area (Å²) in [5.74, 6) is -0.237. The van der Waals surface area contributed by atoms with Crippen LogP contribution in [0.2, 0.25) is 0 Å². The molecule has 1 amide bonds. The molecule has 19 heteroatoms. The number of aliphatic hydroxyl groups excluding tert-OH is 11. The van der Waals surface area contributed by atoms with Crippen molar-refractivity contribution in [2.45, 2.75) is 433 Å². The van der Waals surface area contributed by atoms with Crippen molar-refractivity contribution in [2.24, 2.45) is 0 Å². The Hall–Kier alpha value is -2.51. The minimum absolute atomic E-state index is 0.237. The van der Waals surface area contributed by atoms with Crippen molar-refractivity contribution >= 4 is 5.91 Å². The Morgan fingerprint density at radius 3 is 1.06 bits per heavy atom. The van der Waals surface area contributed by atoms with E-state index in [1.54, 1.807) is 0 Å². The number of carbonyl (C=O) groups excluding carboxylic acids is 1. The van der Waals surface area contributed by atoms with Crippen molar-refractivity contribution in [1.29, 1.82) is 0 Å². The summed E-state index contributed by atoms with van der Waals surface area (Å²) >= 11 is 0. The van der Waals surface area contributed by atoms with Crippen molar-refractivity contribution in [1.82, 2.24) is 5.32 Å². The summed E-state index contributed by atoms with van der Waals surface area (Å²) in [4.78, 5) is 13.5. The molecule has 596 valence electrons. The van der Waals surface area contributed by atoms with Crippen molar-refractivity contribution in [2.75, 3.05) is 26.4 Å². The van der Waals surface area contributed by atoms with Gasteiger partial charge in [-0.25, -0.2) is 0 Å². The Balaban J connectivity index is 1.32. The van der Waals surface area contributed by atoms with Crippen LogP contribution in [-0.4, -0.2) is 193 Å². The summed E-state index contributed by atoms with van der Waals surface area (Å²) in [7, 11) is 0. The van der Waals surface area contributed by atoms with Gasteiger partial charge in [0.25, 0.3) is 0 Å². The van der Waals surface area contributed by atoms with Gasteiger partial charge in [0.1, 0.15) is 73.2 Å². The molecule has 3 rings (SSSR count). The van der Waals surface area contributed by atoms with Crippen LogP contribution in [0.3, 0.4) is 0 Å². The molecule has 102 heavy (non-hydrogen) atoms. The van der Waals surface area contributed by atoms with Crippen LogP contribution in [0.25, 0.3) is 0 Å². The number of amides is 1. The van der Waals surface area contributed by atoms with Gasteiger partial charge in [-0.15, -0.1) is 0 Å². The van der Waals surface area contributed by atoms with Crippen LogP contribution in [0.1, 0.15) is 328 Å². The monoisotopic (exact) mass is 1450 g/mol. The maximum Gasteiger partial charge on any atom is 0.220 e. The molecule has 0 saturated carbocycles. The highest BCUT2D eigenvalue weighted by molar-refractivity contribution is 5.76. The Morgan fingerprint density at radius 2 is 0.676 bits per heavy atom. The second-order valence-corrected chi connectivity index (χ2v) is 29.6. The molecule has 0 bridgehead atoms. The van der Waals surface area contributed by atoms with Gasteiger partial charge in [0, 0.05) is 6.42 Å². The van der Waals surface area contributed by atoms with Crippen molar-refractivity contribution in [3.63, 3.8) is 0 Å². The third-order valence-electron chi connectivity index (χ3n) is 20.6. The van der Waals surface area contributed by atoms with Crippen LogP contribution in [0.15, 0.2) is 60.8 Å². The zero-order valence-electron chi connectivity index (χ0n) is 63.8. The molecule has 12 N–H and O–H groups in total. The van der Waals surface area contributed by atoms with E-state index in [9.17, 15) is 61.0 Å². The average molecular weight is 1450 g/mol. The second kappa shape index (κ2) is 63.4. The number of hydrogen-bond acceptors (Lipinski definition) is 18. The molecule has 0 radical (unpaired) electrons. The van der Waals surface area contributed by atoms with Crippen molar-refractivity contribution in [3.05, 3.63) is 60.8 Å². The van der Waals surface area contributed by atoms with Gasteiger partial charge in [0.15, 0.2) is 18.9 Å². The lowest BCUT2D eigenvalue weighted by atomic mass is 9.96. The van der Waals surface area contributed by atoms with Gasteiger partial charge >= 0.3 is 0 Å². The lowest BCUT2D eigenvalue weighted by Crippen LogP contribution is -2.66. The van der Waals surface area contributed by atoms with E-state index in [4.69, 9.17) is 28.4 Å². The van der Waals surface area contributed by atoms with Crippen LogP contribution in [-0.2, 0) is 33.2 Å². The van der Waals surface area contributed by atoms with Crippen LogP contribution >= 0.6 is 0 Å². The largest absolute Gasteiger partial charge is 0.394 e. The van der Waals surface area contributed by atoms with E-state index in [0.29, 0.717) is 12.8 Å². The second-order valence-electron chi connectivity index (χ2n) is 29.6. The molecule has 19 nitrogen and oxygen atoms in total. The normalized spacial score (nSPS) is 26.5. The smallest absolute Gasteiger partial charge is 0.220 e. The third-order valence-corrected chi connectivity index (χ3v) is 20.6. The van der Waals surface area contributed by atoms with E-state index in [0.717, 1.165) is 77.0 Å². The number of carbonyl (C=O) groups is 1. The number of nitrogens with one attached hydrogen (secondary N) is 1. The summed E-state index contributed by atoms with van der Waals surface area (Å²) in [6, 6.07) is -0.888. The van der Waals surface area contributed by atoms with Crippen LogP contribution in [0, 0.1) is 0 Å². The molecule has 3 fully saturated rings. The summed E-state index contributed by atoms with van der Waals surface area (Å²) in [6.45, 7) is 1.73. The molecule has 3 aliphatic heterocycles. The Kier molecular flexibility index (Phi) is 58.3. The standard InChI is InChI=1S/C83H151NO18/c1-3-5-7-9-11-13-15-17-19-21-23-25-26-27-28-29-30-31-32-33-34-35-36-37-38-39-40-41-43-45-47-49-51-53-55-57-59-61-71(89)84-66(67(88)60-58-56-54-52-50-48-46-44-42-24-22-20-18-16-14-12-10-8-6-4-2)65-97-81-77(95)74(92)79(69(63-86)99-81)102-83-78(96)75(93)80(70(64-87)100-83)101-82-76(94)73(91)72(90)68(62-85)98-82/h5,7,11,13,17,19,23,25,27-28,66-70,72-83,85-88,90-96H,3-4,6,8-10,12,14-16,18,20-22,24,26,29-65H2,1-2H3,(H,84,89)/b7-5-,13-11-,19-17-,25-23-,28-27-. The van der Waals surface area contributed by atoms with Gasteiger partial charge in [-0.05, 0) is 57.8 Å². The van der Waals surface area contributed by atoms with Gasteiger partial charge < -0.3 is 89.9 Å². The lowest BCUT2D eigenvalue weighted by molar-refractivity contribution is -0.379. The van der Waals surface area contributed by atoms with Crippen molar-refractivity contribution < 1.29 is 89.4 Å². The maximum absolute atomic E-state index is 13.5. The number of hydrogen-bond donors (Lipinski definition) is 12. The summed E-state index contributed by atoms with van der Waals surface area (Å²) in [6.07, 6.45) is 54.6. The first-order chi connectivity index (χ1) is 49.8. The number of ether oxygens (including phenoxy) is 6. The molecular formula is C83H151NO18. The van der Waals surface area contributed by atoms with E-state index < -0.39 is 124 Å². The molecule has 3 heterocycles. The highest BCUT2D eigenvalue weighted by atomic mass is 16.8. The highest BCUT2D eigenvalue weighted by Crippen LogP contribution is 2.33. The summed E-state index contributed by atoms with van der Waals surface area (Å²) in [5, 5.41) is 121. The number of allylic oxidation sites excluding steroid dienone is 10. The molecular weight excluding hydrogens is 1300 g/mol. The predicted octanol–water partition coefficient (Wildman–Crippen LogP) is 14.2. The molecule has 0 aromatic heterocycles. The van der Waals surface area contributed by atoms with E-state index in [-0.39, 0.29) is 18.9 Å². The van der Waals surface area contributed by atoms with Crippen LogP contribution in [0.5, 0.6) is 0 Å². The Morgan fingerprint density at radius 1 is 0.363 bits per heavy atom. The molecule has 3 aliphatic rings. The quantitative estimate of drug-likeness (QED) is 0.0199. The fourth-order valence-corrected chi connectivity index (χ4v) is 14.0. The Labute approximate surface area is 617 Å². The first-order valence-corrected chi connectivity index (χ1v) is 41.5. The average Bonchev–Trinajstić information content (AvgIpc) is 0.778. The third kappa shape index (κ3) is 42.9. The summed E-state index contributed by atoms with van der Waals surface area (Å²) in [5.41, 5.74) is 0. The molecule has 17 unspecified atom stereocenters. The minimum Gasteiger partial charge on any atom is -0.394 e. The van der Waals surface area contributed by atoms with Gasteiger partial charge in [-0.1, -0.05) is 325 Å². The maximum atomic E-state index is 13.5. The highest BCUT2D eigenvalue weighted by Gasteiger charge is 2.54. The first kappa shape index (κ1) is 93.7. The first-order valence-electron chi connectivity index (χ1n) is 41.5. The van der Waals surface area contributed by atoms with Gasteiger partial charge in [0.2, 0.25) is 5.91 Å². The van der Waals surface area contributed by atoms with E-state index >= 15 is 0 Å². The van der Waals surface area contributed by atoms with Gasteiger partial charge in [-0.2, -0.15) is 0 Å². The summed E-state index contributed by atoms with van der Waals surface area (Å²) < 4.78 is 34.5. The van der Waals surface area contributed by atoms with E-state index in [2.05, 4.69) is 79.9 Å². The predicted molar refractivity (Wildman–Crippen MR) is 406 cm³/mol. The number of rotatable bonds is 66. The molecule has 0 aromatic rings. The lowest BCUT2D eigenvalue weighted by Gasteiger charge is -2.48. The number of aliphatic hydroxyl groups is 11. The van der Waals surface area contributed by atoms with E-state index in [1.807, 2.05) is 0 Å². The molecule has 0 aliphatic carbocycles. The SMILES string of the molecule is CC/C=C\C/C=C\C/C=C\C/C=C\C/C=C\CCCCCCCCCCCCCCCCCCCCCCCC(=O)NC(COC1OC(CO)C(OC2OC(CO)C(OC3OC(CO)C(O)C(O)C3O)C(O)C2O)C(O)C1O)C(O)CCCCCCCCCCCCCCCCCCCCCC. The minimum atomic E-state index is -1.97. The molecule has 0 aromatic carbocycles. The van der Waals surface area contributed by atoms with Crippen molar-refractivity contribution in [3.8, 4) is 0 Å². The topological polar surface area (TPSA) is 307 Å². The zero-order chi connectivity index (χ0) is 73.9. The van der Waals surface area contributed by atoms with E-state index in [1.165, 1.54) is 218 Å². The molecule has 0 spiro atoms. The fraction of sp³-hybridized carbons (Fsp3) is 0.867. The van der Waals surface area contributed by atoms with Crippen LogP contribution < -0.4 is 5.32 Å². The molecule has 17 atom stereocenters. The number of unbranched alkanes of at least 4 members (excludes halogenated alkanes) is 40. The van der Waals surface area contributed by atoms with Gasteiger partial charge in [-0.3, -0.25) is 4.79 Å². The molecule has 3 saturated heterocycles. The fourth-order valence-electron chi connectivity index (χ4n) is 14.0.